The van der Waals surface area contributed by atoms with Crippen molar-refractivity contribution in [2.45, 2.75) is 25.9 Å². The maximum Gasteiger partial charge on any atom is 0.122 e. The first kappa shape index (κ1) is 13.7. The fraction of sp³-hybridized carbons (Fsp3) is 0.462. The normalized spacial score (nSPS) is 11.8. The van der Waals surface area contributed by atoms with Crippen LogP contribution in [0.1, 0.15) is 25.0 Å². The highest BCUT2D eigenvalue weighted by atomic mass is 16.3. The monoisotopic (exact) mass is 235 g/mol. The number of likely N-dealkylation sites (N-methyl/N-ethyl adjacent to an activating group) is 1. The molecule has 94 valence electrons. The summed E-state index contributed by atoms with van der Waals surface area (Å²) in [6.07, 6.45) is 0. The molecule has 0 saturated carbocycles. The Morgan fingerprint density at radius 2 is 1.88 bits per heavy atom. The van der Waals surface area contributed by atoms with Crippen LogP contribution in [0, 0.1) is 5.41 Å². The second-order valence-corrected chi connectivity index (χ2v) is 4.94. The van der Waals surface area contributed by atoms with E-state index in [1.807, 2.05) is 45.2 Å². The molecule has 0 aliphatic rings. The molecule has 0 atom stereocenters. The van der Waals surface area contributed by atoms with Gasteiger partial charge in [-0.3, -0.25) is 10.3 Å². The van der Waals surface area contributed by atoms with Crippen LogP contribution >= 0.6 is 0 Å². The first-order valence-corrected chi connectivity index (χ1v) is 5.62. The van der Waals surface area contributed by atoms with E-state index >= 15 is 0 Å². The lowest BCUT2D eigenvalue weighted by molar-refractivity contribution is 0.0734. The fourth-order valence-corrected chi connectivity index (χ4v) is 1.40. The predicted molar refractivity (Wildman–Crippen MR) is 70.1 cm³/mol. The second-order valence-electron chi connectivity index (χ2n) is 4.94. The molecule has 4 heteroatoms. The summed E-state index contributed by atoms with van der Waals surface area (Å²) in [6.45, 7) is 4.87. The molecule has 0 aliphatic heterocycles. The van der Waals surface area contributed by atoms with Gasteiger partial charge in [0.05, 0.1) is 6.61 Å². The molecule has 1 aromatic carbocycles. The molecule has 4 nitrogen and oxygen atoms in total. The second kappa shape index (κ2) is 5.29. The van der Waals surface area contributed by atoms with E-state index in [-0.39, 0.29) is 18.0 Å². The van der Waals surface area contributed by atoms with Gasteiger partial charge >= 0.3 is 0 Å². The Labute approximate surface area is 103 Å². The zero-order chi connectivity index (χ0) is 13.1. The average molecular weight is 235 g/mol. The first-order valence-electron chi connectivity index (χ1n) is 5.62. The van der Waals surface area contributed by atoms with E-state index in [0.29, 0.717) is 0 Å². The van der Waals surface area contributed by atoms with Gasteiger partial charge in [0.15, 0.2) is 0 Å². The molecule has 0 heterocycles. The van der Waals surface area contributed by atoms with Gasteiger partial charge in [-0.05, 0) is 26.5 Å². The van der Waals surface area contributed by atoms with Crippen molar-refractivity contribution in [3.63, 3.8) is 0 Å². The Morgan fingerprint density at radius 1 is 1.35 bits per heavy atom. The Balaban J connectivity index is 2.73. The van der Waals surface area contributed by atoms with E-state index in [1.165, 1.54) is 0 Å². The Morgan fingerprint density at radius 3 is 2.29 bits per heavy atom. The van der Waals surface area contributed by atoms with Gasteiger partial charge < -0.3 is 10.8 Å². The van der Waals surface area contributed by atoms with Crippen molar-refractivity contribution in [1.82, 2.24) is 4.90 Å². The number of amidine groups is 1. The average Bonchev–Trinajstić information content (AvgIpc) is 2.29. The molecule has 17 heavy (non-hydrogen) atoms. The summed E-state index contributed by atoms with van der Waals surface area (Å²) in [5.74, 6) is 0.0839. The van der Waals surface area contributed by atoms with Crippen molar-refractivity contribution in [3.05, 3.63) is 35.4 Å². The lowest BCUT2D eigenvalue weighted by Gasteiger charge is -2.33. The third-order valence-corrected chi connectivity index (χ3v) is 3.10. The number of aliphatic hydroxyl groups is 1. The highest BCUT2D eigenvalue weighted by Gasteiger charge is 2.22. The zero-order valence-electron chi connectivity index (χ0n) is 10.7. The maximum atomic E-state index is 9.27. The largest absolute Gasteiger partial charge is 0.394 e. The molecule has 1 rings (SSSR count). The van der Waals surface area contributed by atoms with Gasteiger partial charge in [0.25, 0.3) is 0 Å². The van der Waals surface area contributed by atoms with Gasteiger partial charge in [0.2, 0.25) is 0 Å². The lowest BCUT2D eigenvalue weighted by atomic mass is 10.0. The number of nitrogen functional groups attached to an aromatic ring is 1. The standard InChI is InChI=1S/C13H21N3O/c1-13(2,9-17)16(3)8-10-4-6-11(7-5-10)12(14)15/h4-7,17H,8-9H2,1-3H3,(H3,14,15). The first-order chi connectivity index (χ1) is 7.86. The molecule has 0 saturated heterocycles. The van der Waals surface area contributed by atoms with Gasteiger partial charge in [-0.2, -0.15) is 0 Å². The summed E-state index contributed by atoms with van der Waals surface area (Å²) >= 11 is 0. The van der Waals surface area contributed by atoms with Crippen LogP contribution in [0.25, 0.3) is 0 Å². The van der Waals surface area contributed by atoms with Gasteiger partial charge in [0, 0.05) is 17.6 Å². The molecule has 4 N–H and O–H groups in total. The highest BCUT2D eigenvalue weighted by molar-refractivity contribution is 5.94. The van der Waals surface area contributed by atoms with E-state index in [2.05, 4.69) is 4.90 Å². The van der Waals surface area contributed by atoms with E-state index in [9.17, 15) is 5.11 Å². The maximum absolute atomic E-state index is 9.27. The number of nitrogens with zero attached hydrogens (tertiary/aromatic N) is 1. The number of nitrogens with one attached hydrogen (secondary N) is 1. The van der Waals surface area contributed by atoms with Crippen molar-refractivity contribution in [2.24, 2.45) is 5.73 Å². The third kappa shape index (κ3) is 3.54. The molecule has 1 aromatic rings. The topological polar surface area (TPSA) is 73.3 Å². The van der Waals surface area contributed by atoms with Crippen LogP contribution in [0.2, 0.25) is 0 Å². The van der Waals surface area contributed by atoms with Crippen molar-refractivity contribution in [2.75, 3.05) is 13.7 Å². The van der Waals surface area contributed by atoms with Gasteiger partial charge in [-0.15, -0.1) is 0 Å². The van der Waals surface area contributed by atoms with Crippen LogP contribution in [-0.2, 0) is 6.54 Å². The minimum atomic E-state index is -0.237. The summed E-state index contributed by atoms with van der Waals surface area (Å²) in [7, 11) is 1.98. The van der Waals surface area contributed by atoms with Crippen molar-refractivity contribution in [3.8, 4) is 0 Å². The zero-order valence-corrected chi connectivity index (χ0v) is 10.7. The van der Waals surface area contributed by atoms with Gasteiger partial charge in [0.1, 0.15) is 5.84 Å². The van der Waals surface area contributed by atoms with Crippen LogP contribution in [-0.4, -0.2) is 35.0 Å². The van der Waals surface area contributed by atoms with Gasteiger partial charge in [-0.1, -0.05) is 24.3 Å². The number of hydrogen-bond acceptors (Lipinski definition) is 3. The summed E-state index contributed by atoms with van der Waals surface area (Å²) < 4.78 is 0. The Bertz CT molecular complexity index is 384. The fourth-order valence-electron chi connectivity index (χ4n) is 1.40. The summed E-state index contributed by atoms with van der Waals surface area (Å²) in [6, 6.07) is 7.61. The number of nitrogens with two attached hydrogens (primary N) is 1. The van der Waals surface area contributed by atoms with Crippen LogP contribution in [0.5, 0.6) is 0 Å². The van der Waals surface area contributed by atoms with Crippen molar-refractivity contribution >= 4 is 5.84 Å². The molecule has 0 radical (unpaired) electrons. The molecular weight excluding hydrogens is 214 g/mol. The lowest BCUT2D eigenvalue weighted by Crippen LogP contribution is -2.43. The Kier molecular flexibility index (Phi) is 4.26. The SMILES string of the molecule is CN(Cc1ccc(C(=N)N)cc1)C(C)(C)CO. The van der Waals surface area contributed by atoms with Crippen molar-refractivity contribution < 1.29 is 5.11 Å². The van der Waals surface area contributed by atoms with Crippen LogP contribution in [0.3, 0.4) is 0 Å². The molecule has 0 amide bonds. The summed E-state index contributed by atoms with van der Waals surface area (Å²) in [4.78, 5) is 2.09. The molecule has 0 bridgehead atoms. The molecule has 0 spiro atoms. The molecular formula is C13H21N3O. The highest BCUT2D eigenvalue weighted by Crippen LogP contribution is 2.15. The minimum absolute atomic E-state index is 0.0839. The summed E-state index contributed by atoms with van der Waals surface area (Å²) in [5.41, 5.74) is 7.03. The predicted octanol–water partition coefficient (Wildman–Crippen LogP) is 1.17. The van der Waals surface area contributed by atoms with E-state index in [4.69, 9.17) is 11.1 Å². The smallest absolute Gasteiger partial charge is 0.122 e. The number of aliphatic hydroxyl groups excluding tert-OH is 1. The molecule has 0 unspecified atom stereocenters. The number of rotatable bonds is 5. The minimum Gasteiger partial charge on any atom is -0.394 e. The Hall–Kier alpha value is -1.39. The van der Waals surface area contributed by atoms with Crippen molar-refractivity contribution in [1.29, 1.82) is 5.41 Å². The van der Waals surface area contributed by atoms with Crippen LogP contribution in [0.15, 0.2) is 24.3 Å². The van der Waals surface area contributed by atoms with E-state index in [1.54, 1.807) is 0 Å². The quantitative estimate of drug-likeness (QED) is 0.530. The summed E-state index contributed by atoms with van der Waals surface area (Å²) in [5, 5.41) is 16.6. The van der Waals surface area contributed by atoms with Crippen LogP contribution < -0.4 is 5.73 Å². The van der Waals surface area contributed by atoms with Gasteiger partial charge in [-0.25, -0.2) is 0 Å². The molecule has 0 aliphatic carbocycles. The van der Waals surface area contributed by atoms with E-state index < -0.39 is 0 Å². The molecule has 0 aromatic heterocycles. The number of benzene rings is 1. The molecule has 0 fully saturated rings. The van der Waals surface area contributed by atoms with Crippen LogP contribution in [0.4, 0.5) is 0 Å². The third-order valence-electron chi connectivity index (χ3n) is 3.10. The number of hydrogen-bond donors (Lipinski definition) is 3. The van der Waals surface area contributed by atoms with E-state index in [0.717, 1.165) is 17.7 Å².